The molecule has 2 heterocycles. The Balaban J connectivity index is 0.00000120. The van der Waals surface area contributed by atoms with Crippen LogP contribution in [0, 0.1) is 0 Å². The molecule has 0 amide bonds. The molecule has 0 aliphatic carbocycles. The SMILES string of the molecule is Cl.Clc1ccc(O[C@@H]2C[C@H]3C=C[C@@H](C2)N3)cc1Cl. The maximum absolute atomic E-state index is 5.96. The van der Waals surface area contributed by atoms with Crippen LogP contribution in [0.15, 0.2) is 30.4 Å². The third kappa shape index (κ3) is 2.94. The molecule has 3 rings (SSSR count). The third-order valence-electron chi connectivity index (χ3n) is 3.23. The molecule has 2 bridgehead atoms. The summed E-state index contributed by atoms with van der Waals surface area (Å²) < 4.78 is 5.95. The minimum Gasteiger partial charge on any atom is -0.490 e. The molecule has 0 unspecified atom stereocenters. The second kappa shape index (κ2) is 5.70. The van der Waals surface area contributed by atoms with Gasteiger partial charge < -0.3 is 10.1 Å². The first-order valence-corrected chi connectivity index (χ1v) is 6.52. The Morgan fingerprint density at radius 2 is 1.72 bits per heavy atom. The fraction of sp³-hybridized carbons (Fsp3) is 0.385. The van der Waals surface area contributed by atoms with Crippen LogP contribution in [-0.4, -0.2) is 18.2 Å². The van der Waals surface area contributed by atoms with Crippen molar-refractivity contribution in [1.29, 1.82) is 0 Å². The zero-order chi connectivity index (χ0) is 11.8. The Hall–Kier alpha value is -0.410. The van der Waals surface area contributed by atoms with Crippen LogP contribution in [0.2, 0.25) is 10.0 Å². The van der Waals surface area contributed by atoms with E-state index in [0.29, 0.717) is 22.1 Å². The highest BCUT2D eigenvalue weighted by molar-refractivity contribution is 6.42. The zero-order valence-electron chi connectivity index (χ0n) is 9.61. The van der Waals surface area contributed by atoms with E-state index in [4.69, 9.17) is 27.9 Å². The average Bonchev–Trinajstić information content (AvgIpc) is 2.64. The van der Waals surface area contributed by atoms with Crippen LogP contribution in [0.4, 0.5) is 0 Å². The van der Waals surface area contributed by atoms with Crippen molar-refractivity contribution in [3.8, 4) is 5.75 Å². The summed E-state index contributed by atoms with van der Waals surface area (Å²) in [5.41, 5.74) is 0. The van der Waals surface area contributed by atoms with E-state index in [1.165, 1.54) is 0 Å². The van der Waals surface area contributed by atoms with E-state index in [-0.39, 0.29) is 18.5 Å². The predicted octanol–water partition coefficient (Wildman–Crippen LogP) is 3.85. The number of hydrogen-bond donors (Lipinski definition) is 1. The lowest BCUT2D eigenvalue weighted by molar-refractivity contribution is 0.142. The first-order chi connectivity index (χ1) is 8.20. The number of ether oxygens (including phenoxy) is 1. The van der Waals surface area contributed by atoms with Gasteiger partial charge in [0.25, 0.3) is 0 Å². The average molecular weight is 307 g/mol. The van der Waals surface area contributed by atoms with Gasteiger partial charge in [-0.05, 0) is 12.1 Å². The van der Waals surface area contributed by atoms with Crippen molar-refractivity contribution >= 4 is 35.6 Å². The Labute approximate surface area is 123 Å². The van der Waals surface area contributed by atoms with Crippen LogP contribution in [0.5, 0.6) is 5.75 Å². The molecule has 18 heavy (non-hydrogen) atoms. The highest BCUT2D eigenvalue weighted by Gasteiger charge is 2.30. The van der Waals surface area contributed by atoms with E-state index in [0.717, 1.165) is 18.6 Å². The lowest BCUT2D eigenvalue weighted by Crippen LogP contribution is -2.43. The molecule has 2 aliphatic rings. The van der Waals surface area contributed by atoms with E-state index in [2.05, 4.69) is 17.5 Å². The van der Waals surface area contributed by atoms with Gasteiger partial charge in [-0.25, -0.2) is 0 Å². The standard InChI is InChI=1S/C13H13Cl2NO.ClH/c14-12-4-3-10(7-13(12)15)17-11-5-8-1-2-9(6-11)16-8;/h1-4,7-9,11,16H,5-6H2;1H/t8-,9+,11-;. The summed E-state index contributed by atoms with van der Waals surface area (Å²) in [5, 5.41) is 4.59. The number of rotatable bonds is 2. The van der Waals surface area contributed by atoms with Gasteiger partial charge >= 0.3 is 0 Å². The van der Waals surface area contributed by atoms with E-state index in [1.54, 1.807) is 12.1 Å². The largest absolute Gasteiger partial charge is 0.490 e. The molecule has 0 radical (unpaired) electrons. The van der Waals surface area contributed by atoms with Crippen molar-refractivity contribution < 1.29 is 4.74 Å². The number of fused-ring (bicyclic) bond motifs is 2. The fourth-order valence-electron chi connectivity index (χ4n) is 2.45. The summed E-state index contributed by atoms with van der Waals surface area (Å²) in [4.78, 5) is 0. The van der Waals surface area contributed by atoms with Crippen molar-refractivity contribution in [3.63, 3.8) is 0 Å². The van der Waals surface area contributed by atoms with Gasteiger partial charge in [0.2, 0.25) is 0 Å². The molecule has 5 heteroatoms. The molecule has 0 saturated carbocycles. The van der Waals surface area contributed by atoms with Crippen LogP contribution < -0.4 is 10.1 Å². The smallest absolute Gasteiger partial charge is 0.121 e. The van der Waals surface area contributed by atoms with Crippen LogP contribution in [0.1, 0.15) is 12.8 Å². The van der Waals surface area contributed by atoms with Crippen molar-refractivity contribution in [3.05, 3.63) is 40.4 Å². The molecule has 1 aromatic carbocycles. The van der Waals surface area contributed by atoms with E-state index in [9.17, 15) is 0 Å². The van der Waals surface area contributed by atoms with Gasteiger partial charge in [0.05, 0.1) is 10.0 Å². The lowest BCUT2D eigenvalue weighted by Gasteiger charge is -2.29. The third-order valence-corrected chi connectivity index (χ3v) is 3.97. The van der Waals surface area contributed by atoms with Gasteiger partial charge in [-0.2, -0.15) is 0 Å². The molecule has 2 nitrogen and oxygen atoms in total. The van der Waals surface area contributed by atoms with E-state index in [1.807, 2.05) is 6.07 Å². The Morgan fingerprint density at radius 3 is 2.33 bits per heavy atom. The number of nitrogens with one attached hydrogen (secondary N) is 1. The molecule has 1 N–H and O–H groups in total. The molecule has 1 saturated heterocycles. The van der Waals surface area contributed by atoms with E-state index < -0.39 is 0 Å². The van der Waals surface area contributed by atoms with Crippen molar-refractivity contribution in [1.82, 2.24) is 5.32 Å². The quantitative estimate of drug-likeness (QED) is 0.838. The molecular weight excluding hydrogens is 293 g/mol. The van der Waals surface area contributed by atoms with Crippen LogP contribution in [0.25, 0.3) is 0 Å². The van der Waals surface area contributed by atoms with Gasteiger partial charge in [0.1, 0.15) is 11.9 Å². The molecule has 1 fully saturated rings. The molecule has 2 aliphatic heterocycles. The van der Waals surface area contributed by atoms with E-state index >= 15 is 0 Å². The molecule has 0 aromatic heterocycles. The summed E-state index contributed by atoms with van der Waals surface area (Å²) in [6.07, 6.45) is 6.71. The first-order valence-electron chi connectivity index (χ1n) is 5.77. The second-order valence-corrected chi connectivity index (χ2v) is 5.37. The fourth-order valence-corrected chi connectivity index (χ4v) is 2.74. The summed E-state index contributed by atoms with van der Waals surface area (Å²) >= 11 is 11.8. The normalized spacial score (nSPS) is 28.9. The monoisotopic (exact) mass is 305 g/mol. The number of piperidine rings is 1. The van der Waals surface area contributed by atoms with Crippen molar-refractivity contribution in [2.75, 3.05) is 0 Å². The van der Waals surface area contributed by atoms with Crippen LogP contribution in [0.3, 0.4) is 0 Å². The van der Waals surface area contributed by atoms with Crippen LogP contribution in [-0.2, 0) is 0 Å². The first kappa shape index (κ1) is 14.0. The van der Waals surface area contributed by atoms with Gasteiger partial charge in [-0.15, -0.1) is 12.4 Å². The molecular formula is C13H14Cl3NO. The number of halogens is 3. The van der Waals surface area contributed by atoms with Crippen LogP contribution >= 0.6 is 35.6 Å². The molecule has 3 atom stereocenters. The second-order valence-electron chi connectivity index (χ2n) is 4.55. The Bertz CT molecular complexity index is 450. The Morgan fingerprint density at radius 1 is 1.06 bits per heavy atom. The summed E-state index contributed by atoms with van der Waals surface area (Å²) in [7, 11) is 0. The molecule has 0 spiro atoms. The summed E-state index contributed by atoms with van der Waals surface area (Å²) in [6.45, 7) is 0. The minimum atomic E-state index is 0. The molecule has 98 valence electrons. The highest BCUT2D eigenvalue weighted by Crippen LogP contribution is 2.29. The maximum Gasteiger partial charge on any atom is 0.121 e. The van der Waals surface area contributed by atoms with Crippen molar-refractivity contribution in [2.45, 2.75) is 31.0 Å². The number of benzene rings is 1. The predicted molar refractivity (Wildman–Crippen MR) is 77.2 cm³/mol. The topological polar surface area (TPSA) is 21.3 Å². The minimum absolute atomic E-state index is 0. The van der Waals surface area contributed by atoms with Gasteiger partial charge in [-0.3, -0.25) is 0 Å². The summed E-state index contributed by atoms with van der Waals surface area (Å²) in [6, 6.07) is 6.34. The maximum atomic E-state index is 5.96. The van der Waals surface area contributed by atoms with Gasteiger partial charge in [-0.1, -0.05) is 35.4 Å². The Kier molecular flexibility index (Phi) is 4.44. The molecule has 1 aromatic rings. The number of hydrogen-bond acceptors (Lipinski definition) is 2. The lowest BCUT2D eigenvalue weighted by atomic mass is 10.0. The zero-order valence-corrected chi connectivity index (χ0v) is 11.9. The summed E-state index contributed by atoms with van der Waals surface area (Å²) in [5.74, 6) is 0.797. The highest BCUT2D eigenvalue weighted by atomic mass is 35.5. The van der Waals surface area contributed by atoms with Gasteiger partial charge in [0, 0.05) is 31.0 Å². The van der Waals surface area contributed by atoms with Crippen molar-refractivity contribution in [2.24, 2.45) is 0 Å². The van der Waals surface area contributed by atoms with Gasteiger partial charge in [0.15, 0.2) is 0 Å².